The number of halogens is 1. The van der Waals surface area contributed by atoms with E-state index in [9.17, 15) is 0 Å². The van der Waals surface area contributed by atoms with E-state index in [1.807, 2.05) is 30.3 Å². The molecule has 1 heterocycles. The Morgan fingerprint density at radius 2 is 1.94 bits per heavy atom. The molecule has 3 aromatic rings. The molecule has 0 aliphatic rings. The molecule has 1 N–H and O–H groups in total. The number of aromatic nitrogens is 2. The fraction of sp³-hybridized carbons (Fsp3) is 0.0714. The van der Waals surface area contributed by atoms with Gasteiger partial charge in [0.1, 0.15) is 11.3 Å². The van der Waals surface area contributed by atoms with Crippen molar-refractivity contribution in [2.75, 3.05) is 6.26 Å². The first kappa shape index (κ1) is 11.6. The monoisotopic (exact) mass is 274 g/mol. The molecule has 0 spiro atoms. The van der Waals surface area contributed by atoms with Crippen molar-refractivity contribution in [1.29, 1.82) is 0 Å². The number of rotatable bonds is 2. The van der Waals surface area contributed by atoms with Crippen LogP contribution in [0.3, 0.4) is 0 Å². The first-order chi connectivity index (χ1) is 8.79. The van der Waals surface area contributed by atoms with Gasteiger partial charge in [-0.3, -0.25) is 0 Å². The van der Waals surface area contributed by atoms with E-state index < -0.39 is 0 Å². The van der Waals surface area contributed by atoms with Gasteiger partial charge in [0, 0.05) is 10.5 Å². The molecular formula is C14H11ClN2S. The number of H-pyrrole nitrogens is 1. The van der Waals surface area contributed by atoms with Gasteiger partial charge in [-0.15, -0.1) is 11.8 Å². The first-order valence-corrected chi connectivity index (χ1v) is 7.17. The minimum absolute atomic E-state index is 0.677. The highest BCUT2D eigenvalue weighted by atomic mass is 35.5. The summed E-state index contributed by atoms with van der Waals surface area (Å²) in [7, 11) is 0. The van der Waals surface area contributed by atoms with E-state index in [1.165, 1.54) is 4.90 Å². The summed E-state index contributed by atoms with van der Waals surface area (Å²) in [4.78, 5) is 9.11. The quantitative estimate of drug-likeness (QED) is 0.692. The molecule has 1 aromatic heterocycles. The molecule has 18 heavy (non-hydrogen) atoms. The molecule has 0 unspecified atom stereocenters. The smallest absolute Gasteiger partial charge is 0.139 e. The summed E-state index contributed by atoms with van der Waals surface area (Å²) in [5.41, 5.74) is 2.90. The number of hydrogen-bond acceptors (Lipinski definition) is 2. The van der Waals surface area contributed by atoms with E-state index in [-0.39, 0.29) is 0 Å². The van der Waals surface area contributed by atoms with E-state index >= 15 is 0 Å². The summed E-state index contributed by atoms with van der Waals surface area (Å²) >= 11 is 7.86. The molecule has 0 aliphatic carbocycles. The van der Waals surface area contributed by atoms with Crippen molar-refractivity contribution in [2.45, 2.75) is 4.90 Å². The van der Waals surface area contributed by atoms with Gasteiger partial charge in [-0.1, -0.05) is 35.9 Å². The number of benzene rings is 2. The predicted molar refractivity (Wildman–Crippen MR) is 78.3 cm³/mol. The van der Waals surface area contributed by atoms with Crippen LogP contribution >= 0.6 is 23.4 Å². The van der Waals surface area contributed by atoms with Gasteiger partial charge in [0.15, 0.2) is 0 Å². The molecule has 0 saturated carbocycles. The second-order valence-corrected chi connectivity index (χ2v) is 5.18. The molecule has 0 aliphatic heterocycles. The second-order valence-electron chi connectivity index (χ2n) is 3.92. The second kappa shape index (κ2) is 4.67. The summed E-state index contributed by atoms with van der Waals surface area (Å²) in [6.07, 6.45) is 2.06. The molecule has 2 nitrogen and oxygen atoms in total. The summed E-state index contributed by atoms with van der Waals surface area (Å²) in [5, 5.41) is 0.677. The maximum atomic E-state index is 6.14. The van der Waals surface area contributed by atoms with Crippen LogP contribution in [-0.2, 0) is 0 Å². The van der Waals surface area contributed by atoms with Gasteiger partial charge in [-0.05, 0) is 24.5 Å². The Kier molecular flexibility index (Phi) is 3.02. The van der Waals surface area contributed by atoms with Gasteiger partial charge in [-0.2, -0.15) is 0 Å². The van der Waals surface area contributed by atoms with Crippen molar-refractivity contribution in [3.8, 4) is 11.4 Å². The van der Waals surface area contributed by atoms with Gasteiger partial charge >= 0.3 is 0 Å². The number of hydrogen-bond donors (Lipinski definition) is 1. The Bertz CT molecular complexity index is 706. The average molecular weight is 275 g/mol. The topological polar surface area (TPSA) is 28.7 Å². The minimum Gasteiger partial charge on any atom is -0.338 e. The van der Waals surface area contributed by atoms with Gasteiger partial charge in [0.25, 0.3) is 0 Å². The van der Waals surface area contributed by atoms with Crippen LogP contribution in [0.15, 0.2) is 47.4 Å². The lowest BCUT2D eigenvalue weighted by molar-refractivity contribution is 1.29. The molecule has 0 saturated heterocycles. The molecule has 90 valence electrons. The summed E-state index contributed by atoms with van der Waals surface area (Å²) in [6, 6.07) is 14.0. The maximum Gasteiger partial charge on any atom is 0.139 e. The largest absolute Gasteiger partial charge is 0.338 e. The Hall–Kier alpha value is -1.45. The highest BCUT2D eigenvalue weighted by Gasteiger charge is 2.10. The molecule has 0 bridgehead atoms. The van der Waals surface area contributed by atoms with E-state index in [2.05, 4.69) is 28.4 Å². The van der Waals surface area contributed by atoms with Crippen LogP contribution in [0.25, 0.3) is 22.4 Å². The zero-order chi connectivity index (χ0) is 12.5. The Morgan fingerprint density at radius 3 is 2.72 bits per heavy atom. The fourth-order valence-electron chi connectivity index (χ4n) is 1.96. The van der Waals surface area contributed by atoms with Gasteiger partial charge in [0.05, 0.1) is 10.5 Å². The zero-order valence-corrected chi connectivity index (χ0v) is 11.3. The average Bonchev–Trinajstić information content (AvgIpc) is 2.84. The highest BCUT2D eigenvalue weighted by molar-refractivity contribution is 7.98. The van der Waals surface area contributed by atoms with Crippen molar-refractivity contribution in [2.24, 2.45) is 0 Å². The lowest BCUT2D eigenvalue weighted by Crippen LogP contribution is -1.83. The van der Waals surface area contributed by atoms with Gasteiger partial charge in [0.2, 0.25) is 0 Å². The van der Waals surface area contributed by atoms with Crippen LogP contribution in [0, 0.1) is 0 Å². The number of nitrogens with one attached hydrogen (secondary N) is 1. The van der Waals surface area contributed by atoms with Crippen molar-refractivity contribution in [3.63, 3.8) is 0 Å². The van der Waals surface area contributed by atoms with Crippen LogP contribution in [-0.4, -0.2) is 16.2 Å². The molecule has 0 amide bonds. The highest BCUT2D eigenvalue weighted by Crippen LogP contribution is 2.31. The SMILES string of the molecule is CSc1ccccc1-c1nc2c(Cl)cccc2[nH]1. The van der Waals surface area contributed by atoms with Crippen LogP contribution in [0.5, 0.6) is 0 Å². The number of thioether (sulfide) groups is 1. The van der Waals surface area contributed by atoms with E-state index in [4.69, 9.17) is 11.6 Å². The number of aromatic amines is 1. The number of imidazole rings is 1. The van der Waals surface area contributed by atoms with E-state index in [0.29, 0.717) is 5.02 Å². The van der Waals surface area contributed by atoms with Crippen molar-refractivity contribution < 1.29 is 0 Å². The predicted octanol–water partition coefficient (Wildman–Crippen LogP) is 4.61. The van der Waals surface area contributed by atoms with E-state index in [1.54, 1.807) is 11.8 Å². The summed E-state index contributed by atoms with van der Waals surface area (Å²) in [5.74, 6) is 0.864. The molecule has 0 atom stereocenters. The third-order valence-electron chi connectivity index (χ3n) is 2.83. The molecule has 4 heteroatoms. The van der Waals surface area contributed by atoms with E-state index in [0.717, 1.165) is 22.4 Å². The normalized spacial score (nSPS) is 11.0. The summed E-state index contributed by atoms with van der Waals surface area (Å²) in [6.45, 7) is 0. The summed E-state index contributed by atoms with van der Waals surface area (Å²) < 4.78 is 0. The van der Waals surface area contributed by atoms with Crippen molar-refractivity contribution >= 4 is 34.4 Å². The molecule has 0 fully saturated rings. The lowest BCUT2D eigenvalue weighted by Gasteiger charge is -2.02. The van der Waals surface area contributed by atoms with Gasteiger partial charge < -0.3 is 4.98 Å². The Balaban J connectivity index is 2.23. The molecule has 3 rings (SSSR count). The van der Waals surface area contributed by atoms with Crippen LogP contribution in [0.2, 0.25) is 5.02 Å². The first-order valence-electron chi connectivity index (χ1n) is 5.57. The molecule has 0 radical (unpaired) electrons. The van der Waals surface area contributed by atoms with Crippen LogP contribution in [0.4, 0.5) is 0 Å². The lowest BCUT2D eigenvalue weighted by atomic mass is 10.2. The Morgan fingerprint density at radius 1 is 1.11 bits per heavy atom. The number of para-hydroxylation sites is 1. The van der Waals surface area contributed by atoms with Crippen LogP contribution < -0.4 is 0 Å². The third kappa shape index (κ3) is 1.89. The van der Waals surface area contributed by atoms with Gasteiger partial charge in [-0.25, -0.2) is 4.98 Å². The number of fused-ring (bicyclic) bond motifs is 1. The fourth-order valence-corrected chi connectivity index (χ4v) is 2.78. The standard InChI is InChI=1S/C14H11ClN2S/c1-18-12-8-3-2-5-9(12)14-16-11-7-4-6-10(15)13(11)17-14/h2-8H,1H3,(H,16,17). The van der Waals surface area contributed by atoms with Crippen molar-refractivity contribution in [1.82, 2.24) is 9.97 Å². The molecular weight excluding hydrogens is 264 g/mol. The van der Waals surface area contributed by atoms with Crippen molar-refractivity contribution in [3.05, 3.63) is 47.5 Å². The zero-order valence-electron chi connectivity index (χ0n) is 9.77. The Labute approximate surface area is 114 Å². The minimum atomic E-state index is 0.677. The maximum absolute atomic E-state index is 6.14. The molecule has 2 aromatic carbocycles. The van der Waals surface area contributed by atoms with Crippen LogP contribution in [0.1, 0.15) is 0 Å². The number of nitrogens with zero attached hydrogens (tertiary/aromatic N) is 1. The third-order valence-corrected chi connectivity index (χ3v) is 3.93.